The van der Waals surface area contributed by atoms with Crippen molar-refractivity contribution in [1.29, 1.82) is 0 Å². The molecule has 9 heteroatoms. The summed E-state index contributed by atoms with van der Waals surface area (Å²) in [5.74, 6) is -2.97. The molecule has 1 aromatic carbocycles. The quantitative estimate of drug-likeness (QED) is 0.650. The number of hydrogen-bond donors (Lipinski definition) is 3. The maximum atomic E-state index is 14.5. The summed E-state index contributed by atoms with van der Waals surface area (Å²) in [4.78, 5) is 40.5. The minimum absolute atomic E-state index is 0.0394. The Morgan fingerprint density at radius 1 is 1.32 bits per heavy atom. The van der Waals surface area contributed by atoms with Crippen LogP contribution in [0.3, 0.4) is 0 Å². The summed E-state index contributed by atoms with van der Waals surface area (Å²) >= 11 is 0. The van der Waals surface area contributed by atoms with Crippen molar-refractivity contribution in [3.8, 4) is 11.3 Å². The zero-order valence-electron chi connectivity index (χ0n) is 14.8. The first-order valence-corrected chi connectivity index (χ1v) is 8.53. The van der Waals surface area contributed by atoms with Crippen molar-refractivity contribution in [3.63, 3.8) is 0 Å². The third-order valence-electron chi connectivity index (χ3n) is 4.69. The minimum Gasteiger partial charge on any atom is -0.481 e. The van der Waals surface area contributed by atoms with Gasteiger partial charge in [0.1, 0.15) is 11.7 Å². The van der Waals surface area contributed by atoms with Crippen molar-refractivity contribution < 1.29 is 29.0 Å². The first kappa shape index (κ1) is 19.4. The summed E-state index contributed by atoms with van der Waals surface area (Å²) in [6.45, 7) is -0.418. The normalized spacial score (nSPS) is 14.1. The molecule has 3 rings (SSSR count). The van der Waals surface area contributed by atoms with Gasteiger partial charge in [0.15, 0.2) is 5.82 Å². The minimum atomic E-state index is -1.09. The molecule has 1 aromatic heterocycles. The molecule has 28 heavy (non-hydrogen) atoms. The van der Waals surface area contributed by atoms with E-state index in [0.29, 0.717) is 16.7 Å². The second-order valence-corrected chi connectivity index (χ2v) is 6.45. The van der Waals surface area contributed by atoms with Crippen LogP contribution in [0.1, 0.15) is 34.3 Å². The van der Waals surface area contributed by atoms with Crippen LogP contribution >= 0.6 is 0 Å². The van der Waals surface area contributed by atoms with Crippen molar-refractivity contribution in [3.05, 3.63) is 53.0 Å². The molecule has 0 radical (unpaired) electrons. The van der Waals surface area contributed by atoms with Crippen LogP contribution in [0, 0.1) is 5.82 Å². The number of carboxylic acid groups (broad SMARTS) is 1. The predicted octanol–water partition coefficient (Wildman–Crippen LogP) is 1.05. The highest BCUT2D eigenvalue weighted by Crippen LogP contribution is 2.31. The number of nitrogens with zero attached hydrogens (tertiary/aromatic N) is 2. The molecule has 2 amide bonds. The van der Waals surface area contributed by atoms with Crippen LogP contribution in [0.2, 0.25) is 0 Å². The Bertz CT molecular complexity index is 963. The summed E-state index contributed by atoms with van der Waals surface area (Å²) in [7, 11) is 0. The van der Waals surface area contributed by atoms with Gasteiger partial charge in [-0.1, -0.05) is 6.07 Å². The molecule has 4 N–H and O–H groups in total. The smallest absolute Gasteiger partial charge is 0.303 e. The summed E-state index contributed by atoms with van der Waals surface area (Å²) in [5, 5.41) is 18.1. The van der Waals surface area contributed by atoms with E-state index in [0.717, 1.165) is 0 Å². The number of halogens is 1. The van der Waals surface area contributed by atoms with Gasteiger partial charge in [0.05, 0.1) is 6.61 Å². The van der Waals surface area contributed by atoms with E-state index in [1.165, 1.54) is 29.3 Å². The lowest BCUT2D eigenvalue weighted by molar-refractivity contribution is -0.137. The Morgan fingerprint density at radius 2 is 2.07 bits per heavy atom. The number of benzene rings is 1. The number of aliphatic hydroxyl groups is 1. The van der Waals surface area contributed by atoms with Gasteiger partial charge >= 0.3 is 5.97 Å². The molecule has 8 nitrogen and oxygen atoms in total. The molecule has 0 saturated heterocycles. The van der Waals surface area contributed by atoms with E-state index >= 15 is 0 Å². The maximum Gasteiger partial charge on any atom is 0.303 e. The van der Waals surface area contributed by atoms with Gasteiger partial charge in [0.25, 0.3) is 5.91 Å². The zero-order valence-corrected chi connectivity index (χ0v) is 14.8. The Balaban J connectivity index is 1.92. The number of nitrogens with two attached hydrogens (primary N) is 1. The Hall–Kier alpha value is -3.33. The van der Waals surface area contributed by atoms with Crippen molar-refractivity contribution in [2.24, 2.45) is 5.73 Å². The highest BCUT2D eigenvalue weighted by atomic mass is 19.1. The first-order chi connectivity index (χ1) is 13.3. The van der Waals surface area contributed by atoms with Crippen LogP contribution in [0.4, 0.5) is 4.39 Å². The number of carbonyl (C=O) groups is 3. The van der Waals surface area contributed by atoms with Crippen LogP contribution < -0.4 is 5.73 Å². The molecule has 2 heterocycles. The van der Waals surface area contributed by atoms with Crippen LogP contribution in [0.25, 0.3) is 11.3 Å². The number of fused-ring (bicyclic) bond motifs is 1. The maximum absolute atomic E-state index is 14.5. The molecule has 0 aliphatic carbocycles. The van der Waals surface area contributed by atoms with E-state index in [-0.39, 0.29) is 30.6 Å². The highest BCUT2D eigenvalue weighted by molar-refractivity contribution is 6.01. The number of aromatic nitrogens is 1. The van der Waals surface area contributed by atoms with E-state index in [9.17, 15) is 23.9 Å². The predicted molar refractivity (Wildman–Crippen MR) is 95.3 cm³/mol. The summed E-state index contributed by atoms with van der Waals surface area (Å²) in [6.07, 6.45) is 0.984. The van der Waals surface area contributed by atoms with Gasteiger partial charge in [-0.3, -0.25) is 19.4 Å². The van der Waals surface area contributed by atoms with E-state index in [1.54, 1.807) is 6.07 Å². The first-order valence-electron chi connectivity index (χ1n) is 8.53. The molecule has 0 fully saturated rings. The van der Waals surface area contributed by atoms with Crippen LogP contribution in [-0.4, -0.2) is 43.9 Å². The molecular formula is C19H18FN3O5. The van der Waals surface area contributed by atoms with Crippen LogP contribution in [0.15, 0.2) is 30.5 Å². The topological polar surface area (TPSA) is 134 Å². The van der Waals surface area contributed by atoms with Crippen LogP contribution in [0.5, 0.6) is 0 Å². The standard InChI is InChI=1S/C19H18FN3O5/c20-16-11(9-24)5-6-22-17(16)10-1-2-13-12(7-10)8-23(19(13)28)14(18(21)27)3-4-15(25)26/h1-2,5-7,14,24H,3-4,8-9H2,(H2,21,27)(H,25,26). The average Bonchev–Trinajstić information content (AvgIpc) is 2.97. The van der Waals surface area contributed by atoms with Gasteiger partial charge in [-0.2, -0.15) is 0 Å². The molecule has 146 valence electrons. The molecule has 0 bridgehead atoms. The van der Waals surface area contributed by atoms with Gasteiger partial charge in [0.2, 0.25) is 5.91 Å². The lowest BCUT2D eigenvalue weighted by Crippen LogP contribution is -2.45. The van der Waals surface area contributed by atoms with E-state index in [2.05, 4.69) is 4.98 Å². The number of amides is 2. The third kappa shape index (κ3) is 3.56. The second kappa shape index (κ2) is 7.73. The fraction of sp³-hybridized carbons (Fsp3) is 0.263. The molecule has 1 unspecified atom stereocenters. The average molecular weight is 387 g/mol. The summed E-state index contributed by atoms with van der Waals surface area (Å²) in [6, 6.07) is 4.96. The van der Waals surface area contributed by atoms with Gasteiger partial charge in [-0.15, -0.1) is 0 Å². The molecule has 1 aliphatic rings. The fourth-order valence-electron chi connectivity index (χ4n) is 3.26. The number of pyridine rings is 1. The summed E-state index contributed by atoms with van der Waals surface area (Å²) in [5.41, 5.74) is 6.82. The van der Waals surface area contributed by atoms with Gasteiger partial charge < -0.3 is 20.8 Å². The zero-order chi connectivity index (χ0) is 20.4. The lowest BCUT2D eigenvalue weighted by atomic mass is 10.0. The Labute approximate surface area is 159 Å². The molecule has 0 saturated carbocycles. The molecular weight excluding hydrogens is 369 g/mol. The third-order valence-corrected chi connectivity index (χ3v) is 4.69. The number of carboxylic acids is 1. The Kier molecular flexibility index (Phi) is 5.36. The largest absolute Gasteiger partial charge is 0.481 e. The highest BCUT2D eigenvalue weighted by Gasteiger charge is 2.35. The van der Waals surface area contributed by atoms with Gasteiger partial charge in [0, 0.05) is 35.9 Å². The summed E-state index contributed by atoms with van der Waals surface area (Å²) < 4.78 is 14.5. The number of hydrogen-bond acceptors (Lipinski definition) is 5. The Morgan fingerprint density at radius 3 is 2.71 bits per heavy atom. The number of rotatable bonds is 7. The molecule has 1 atom stereocenters. The SMILES string of the molecule is NC(=O)C(CCC(=O)O)N1Cc2cc(-c3nccc(CO)c3F)ccc2C1=O. The van der Waals surface area contributed by atoms with Crippen molar-refractivity contribution in [1.82, 2.24) is 9.88 Å². The number of aliphatic carboxylic acids is 1. The molecule has 0 spiro atoms. The van der Waals surface area contributed by atoms with Crippen LogP contribution in [-0.2, 0) is 22.7 Å². The van der Waals surface area contributed by atoms with Crippen molar-refractivity contribution in [2.75, 3.05) is 0 Å². The molecule has 2 aromatic rings. The number of primary amides is 1. The number of aliphatic hydroxyl groups excluding tert-OH is 1. The van der Waals surface area contributed by atoms with E-state index < -0.39 is 36.2 Å². The fourth-order valence-corrected chi connectivity index (χ4v) is 3.26. The monoisotopic (exact) mass is 387 g/mol. The van der Waals surface area contributed by atoms with Gasteiger partial charge in [-0.25, -0.2) is 4.39 Å². The van der Waals surface area contributed by atoms with Crippen molar-refractivity contribution >= 4 is 17.8 Å². The molecule has 1 aliphatic heterocycles. The van der Waals surface area contributed by atoms with Crippen molar-refractivity contribution in [2.45, 2.75) is 32.0 Å². The van der Waals surface area contributed by atoms with E-state index in [1.807, 2.05) is 0 Å². The second-order valence-electron chi connectivity index (χ2n) is 6.45. The number of carbonyl (C=O) groups excluding carboxylic acids is 2. The lowest BCUT2D eigenvalue weighted by Gasteiger charge is -2.24. The van der Waals surface area contributed by atoms with Gasteiger partial charge in [-0.05, 0) is 30.2 Å². The van der Waals surface area contributed by atoms with E-state index in [4.69, 9.17) is 10.8 Å².